The average Bonchev–Trinajstić information content (AvgIpc) is 2.05. The molecule has 0 aliphatic carbocycles. The van der Waals surface area contributed by atoms with Gasteiger partial charge in [0.05, 0.1) is 5.92 Å². The van der Waals surface area contributed by atoms with E-state index >= 15 is 0 Å². The van der Waals surface area contributed by atoms with Crippen LogP contribution in [0.1, 0.15) is 12.8 Å². The number of halogens is 3. The number of piperidine rings is 1. The predicted octanol–water partition coefficient (Wildman–Crippen LogP) is 1.59. The van der Waals surface area contributed by atoms with Crippen LogP contribution in [0.15, 0.2) is 0 Å². The maximum Gasteiger partial charge on any atom is 0.389 e. The molecule has 0 bridgehead atoms. The summed E-state index contributed by atoms with van der Waals surface area (Å²) in [6.07, 6.45) is -4.96. The molecule has 0 aromatic rings. The van der Waals surface area contributed by atoms with Gasteiger partial charge in [-0.2, -0.15) is 13.2 Å². The zero-order valence-electron chi connectivity index (χ0n) is 8.42. The molecular formula is C9H14F3NO2. The topological polar surface area (TPSA) is 40.5 Å². The second-order valence-electron chi connectivity index (χ2n) is 4.08. The van der Waals surface area contributed by atoms with E-state index in [2.05, 4.69) is 0 Å². The normalized spacial score (nSPS) is 29.1. The van der Waals surface area contributed by atoms with E-state index in [1.165, 1.54) is 0 Å². The zero-order valence-corrected chi connectivity index (χ0v) is 8.42. The summed E-state index contributed by atoms with van der Waals surface area (Å²) in [4.78, 5) is 12.6. The summed E-state index contributed by atoms with van der Waals surface area (Å²) in [5, 5.41) is 8.83. The van der Waals surface area contributed by atoms with Crippen molar-refractivity contribution in [3.63, 3.8) is 0 Å². The SMILES string of the molecule is CN1CCC(CC(F)(F)F)C(C(=O)O)C1. The number of rotatable bonds is 2. The maximum absolute atomic E-state index is 12.2. The van der Waals surface area contributed by atoms with Gasteiger partial charge in [0.15, 0.2) is 0 Å². The molecule has 1 fully saturated rings. The Labute approximate surface area is 85.9 Å². The Kier molecular flexibility index (Phi) is 3.59. The summed E-state index contributed by atoms with van der Waals surface area (Å²) in [6, 6.07) is 0. The molecule has 0 saturated carbocycles. The van der Waals surface area contributed by atoms with E-state index < -0.39 is 30.4 Å². The van der Waals surface area contributed by atoms with E-state index in [1.807, 2.05) is 0 Å². The van der Waals surface area contributed by atoms with Gasteiger partial charge in [0.25, 0.3) is 0 Å². The summed E-state index contributed by atoms with van der Waals surface area (Å²) in [6.45, 7) is 0.737. The van der Waals surface area contributed by atoms with Gasteiger partial charge in [-0.3, -0.25) is 4.79 Å². The number of carboxylic acids is 1. The molecule has 3 nitrogen and oxygen atoms in total. The second-order valence-corrected chi connectivity index (χ2v) is 4.08. The van der Waals surface area contributed by atoms with Crippen molar-refractivity contribution >= 4 is 5.97 Å². The highest BCUT2D eigenvalue weighted by molar-refractivity contribution is 5.70. The lowest BCUT2D eigenvalue weighted by molar-refractivity contribution is -0.162. The zero-order chi connectivity index (χ0) is 11.6. The number of alkyl halides is 3. The van der Waals surface area contributed by atoms with Crippen molar-refractivity contribution in [2.24, 2.45) is 11.8 Å². The lowest BCUT2D eigenvalue weighted by Crippen LogP contribution is -2.43. The molecule has 0 radical (unpaired) electrons. The first-order chi connectivity index (χ1) is 6.79. The van der Waals surface area contributed by atoms with Crippen LogP contribution < -0.4 is 0 Å². The number of hydrogen-bond donors (Lipinski definition) is 1. The van der Waals surface area contributed by atoms with Crippen molar-refractivity contribution < 1.29 is 23.1 Å². The first-order valence-electron chi connectivity index (χ1n) is 4.77. The number of carbonyl (C=O) groups is 1. The van der Waals surface area contributed by atoms with Gasteiger partial charge in [0.2, 0.25) is 0 Å². The summed E-state index contributed by atoms with van der Waals surface area (Å²) in [5.74, 6) is -2.81. The van der Waals surface area contributed by atoms with Gasteiger partial charge < -0.3 is 10.0 Å². The highest BCUT2D eigenvalue weighted by atomic mass is 19.4. The third-order valence-corrected chi connectivity index (χ3v) is 2.77. The van der Waals surface area contributed by atoms with Crippen LogP contribution in [0.4, 0.5) is 13.2 Å². The number of hydrogen-bond acceptors (Lipinski definition) is 2. The highest BCUT2D eigenvalue weighted by Crippen LogP contribution is 2.34. The minimum Gasteiger partial charge on any atom is -0.481 e. The Balaban J connectivity index is 2.65. The molecule has 1 heterocycles. The van der Waals surface area contributed by atoms with E-state index in [1.54, 1.807) is 11.9 Å². The third kappa shape index (κ3) is 3.70. The lowest BCUT2D eigenvalue weighted by Gasteiger charge is -2.34. The van der Waals surface area contributed by atoms with Crippen molar-refractivity contribution in [2.45, 2.75) is 19.0 Å². The minimum absolute atomic E-state index is 0.204. The fourth-order valence-corrected chi connectivity index (χ4v) is 1.98. The molecule has 1 aliphatic rings. The van der Waals surface area contributed by atoms with Gasteiger partial charge in [0.1, 0.15) is 0 Å². The van der Waals surface area contributed by atoms with Gasteiger partial charge >= 0.3 is 12.1 Å². The Morgan fingerprint density at radius 2 is 2.13 bits per heavy atom. The van der Waals surface area contributed by atoms with E-state index in [0.717, 1.165) is 0 Å². The van der Waals surface area contributed by atoms with Crippen molar-refractivity contribution in [3.8, 4) is 0 Å². The quantitative estimate of drug-likeness (QED) is 0.775. The molecule has 0 spiro atoms. The smallest absolute Gasteiger partial charge is 0.389 e. The first kappa shape index (κ1) is 12.3. The number of carboxylic acid groups (broad SMARTS) is 1. The summed E-state index contributed by atoms with van der Waals surface area (Å²) >= 11 is 0. The Bertz CT molecular complexity index is 242. The molecular weight excluding hydrogens is 211 g/mol. The standard InChI is InChI=1S/C9H14F3NO2/c1-13-3-2-6(4-9(10,11)12)7(5-13)8(14)15/h6-7H,2-5H2,1H3,(H,14,15). The molecule has 0 aromatic heterocycles. The highest BCUT2D eigenvalue weighted by Gasteiger charge is 2.40. The van der Waals surface area contributed by atoms with Crippen LogP contribution in [0.25, 0.3) is 0 Å². The number of nitrogens with zero attached hydrogens (tertiary/aromatic N) is 1. The Morgan fingerprint density at radius 1 is 1.53 bits per heavy atom. The summed E-state index contributed by atoms with van der Waals surface area (Å²) < 4.78 is 36.5. The first-order valence-corrected chi connectivity index (χ1v) is 4.77. The van der Waals surface area contributed by atoms with Crippen molar-refractivity contribution in [3.05, 3.63) is 0 Å². The Morgan fingerprint density at radius 3 is 2.60 bits per heavy atom. The van der Waals surface area contributed by atoms with E-state index in [0.29, 0.717) is 13.0 Å². The van der Waals surface area contributed by atoms with Crippen molar-refractivity contribution in [2.75, 3.05) is 20.1 Å². The average molecular weight is 225 g/mol. The fourth-order valence-electron chi connectivity index (χ4n) is 1.98. The molecule has 1 aliphatic heterocycles. The van der Waals surface area contributed by atoms with Crippen LogP contribution in [0.3, 0.4) is 0 Å². The molecule has 0 amide bonds. The number of aliphatic carboxylic acids is 1. The molecule has 1 N–H and O–H groups in total. The maximum atomic E-state index is 12.2. The van der Waals surface area contributed by atoms with Crippen molar-refractivity contribution in [1.29, 1.82) is 0 Å². The second kappa shape index (κ2) is 4.38. The third-order valence-electron chi connectivity index (χ3n) is 2.77. The molecule has 15 heavy (non-hydrogen) atoms. The van der Waals surface area contributed by atoms with E-state index in [9.17, 15) is 18.0 Å². The van der Waals surface area contributed by atoms with E-state index in [-0.39, 0.29) is 6.54 Å². The van der Waals surface area contributed by atoms with Crippen LogP contribution in [0.5, 0.6) is 0 Å². The van der Waals surface area contributed by atoms with Gasteiger partial charge in [-0.25, -0.2) is 0 Å². The monoisotopic (exact) mass is 225 g/mol. The molecule has 1 saturated heterocycles. The van der Waals surface area contributed by atoms with Crippen LogP contribution in [0, 0.1) is 11.8 Å². The molecule has 2 atom stereocenters. The number of likely N-dealkylation sites (tertiary alicyclic amines) is 1. The molecule has 1 rings (SSSR count). The van der Waals surface area contributed by atoms with Gasteiger partial charge in [-0.15, -0.1) is 0 Å². The van der Waals surface area contributed by atoms with Gasteiger partial charge in [0, 0.05) is 13.0 Å². The molecule has 0 aromatic carbocycles. The summed E-state index contributed by atoms with van der Waals surface area (Å²) in [5.41, 5.74) is 0. The Hall–Kier alpha value is -0.780. The van der Waals surface area contributed by atoms with Crippen LogP contribution in [-0.4, -0.2) is 42.3 Å². The van der Waals surface area contributed by atoms with Gasteiger partial charge in [-0.05, 0) is 25.9 Å². The molecule has 6 heteroatoms. The lowest BCUT2D eigenvalue weighted by atomic mass is 9.83. The van der Waals surface area contributed by atoms with Crippen LogP contribution in [0.2, 0.25) is 0 Å². The van der Waals surface area contributed by atoms with Crippen molar-refractivity contribution in [1.82, 2.24) is 4.90 Å². The summed E-state index contributed by atoms with van der Waals surface area (Å²) in [7, 11) is 1.72. The molecule has 2 unspecified atom stereocenters. The van der Waals surface area contributed by atoms with E-state index in [4.69, 9.17) is 5.11 Å². The van der Waals surface area contributed by atoms with Gasteiger partial charge in [-0.1, -0.05) is 0 Å². The van der Waals surface area contributed by atoms with Crippen LogP contribution >= 0.6 is 0 Å². The largest absolute Gasteiger partial charge is 0.481 e. The molecule has 88 valence electrons. The minimum atomic E-state index is -4.27. The fraction of sp³-hybridized carbons (Fsp3) is 0.889. The van der Waals surface area contributed by atoms with Crippen LogP contribution in [-0.2, 0) is 4.79 Å². The predicted molar refractivity (Wildman–Crippen MR) is 47.4 cm³/mol.